The maximum Gasteiger partial charge on any atom is 0.123 e. The zero-order valence-electron chi connectivity index (χ0n) is 7.16. The molecule has 3 N–H and O–H groups in total. The molecule has 1 atom stereocenters. The molecule has 0 aliphatic carbocycles. The molecular formula is C9H14N2O. The third kappa shape index (κ3) is 2.62. The number of hydrogen-bond acceptors (Lipinski definition) is 3. The zero-order valence-corrected chi connectivity index (χ0v) is 7.16. The molecule has 1 aromatic carbocycles. The van der Waals surface area contributed by atoms with Gasteiger partial charge < -0.3 is 4.74 Å². The van der Waals surface area contributed by atoms with E-state index in [-0.39, 0.29) is 6.23 Å². The van der Waals surface area contributed by atoms with E-state index in [2.05, 4.69) is 5.43 Å². The van der Waals surface area contributed by atoms with Gasteiger partial charge in [0.05, 0.1) is 0 Å². The van der Waals surface area contributed by atoms with Crippen molar-refractivity contribution >= 4 is 0 Å². The summed E-state index contributed by atoms with van der Waals surface area (Å²) in [6.45, 7) is 0. The third-order valence-electron chi connectivity index (χ3n) is 1.73. The summed E-state index contributed by atoms with van der Waals surface area (Å²) >= 11 is 0. The first-order valence-electron chi connectivity index (χ1n) is 3.89. The molecule has 0 radical (unpaired) electrons. The first-order valence-corrected chi connectivity index (χ1v) is 3.89. The highest BCUT2D eigenvalue weighted by Crippen LogP contribution is 2.02. The van der Waals surface area contributed by atoms with Crippen LogP contribution in [0.1, 0.15) is 5.56 Å². The van der Waals surface area contributed by atoms with Gasteiger partial charge in [0.2, 0.25) is 0 Å². The number of hydrogen-bond donors (Lipinski definition) is 2. The molecule has 1 unspecified atom stereocenters. The number of nitrogens with one attached hydrogen (secondary N) is 1. The summed E-state index contributed by atoms with van der Waals surface area (Å²) in [5.41, 5.74) is 3.79. The smallest absolute Gasteiger partial charge is 0.123 e. The number of rotatable bonds is 4. The Morgan fingerprint density at radius 1 is 1.42 bits per heavy atom. The van der Waals surface area contributed by atoms with Crippen molar-refractivity contribution in [1.29, 1.82) is 0 Å². The van der Waals surface area contributed by atoms with Gasteiger partial charge in [-0.05, 0) is 5.56 Å². The van der Waals surface area contributed by atoms with Crippen LogP contribution in [-0.4, -0.2) is 13.3 Å². The van der Waals surface area contributed by atoms with E-state index in [4.69, 9.17) is 10.6 Å². The Hall–Kier alpha value is -0.900. The highest BCUT2D eigenvalue weighted by Gasteiger charge is 2.03. The molecule has 0 aliphatic rings. The minimum atomic E-state index is -0.104. The molecule has 3 nitrogen and oxygen atoms in total. The van der Waals surface area contributed by atoms with E-state index in [1.807, 2.05) is 30.3 Å². The Kier molecular flexibility index (Phi) is 3.73. The normalized spacial score (nSPS) is 12.8. The number of methoxy groups -OCH3 is 1. The molecule has 0 aliphatic heterocycles. The molecule has 1 rings (SSSR count). The van der Waals surface area contributed by atoms with Crippen molar-refractivity contribution in [3.05, 3.63) is 35.9 Å². The maximum absolute atomic E-state index is 5.26. The predicted molar refractivity (Wildman–Crippen MR) is 48.3 cm³/mol. The van der Waals surface area contributed by atoms with Crippen molar-refractivity contribution in [3.8, 4) is 0 Å². The van der Waals surface area contributed by atoms with Crippen LogP contribution >= 0.6 is 0 Å². The average molecular weight is 166 g/mol. The van der Waals surface area contributed by atoms with E-state index < -0.39 is 0 Å². The van der Waals surface area contributed by atoms with Crippen LogP contribution < -0.4 is 11.3 Å². The summed E-state index contributed by atoms with van der Waals surface area (Å²) in [4.78, 5) is 0. The van der Waals surface area contributed by atoms with Crippen molar-refractivity contribution < 1.29 is 4.74 Å². The lowest BCUT2D eigenvalue weighted by molar-refractivity contribution is 0.0746. The van der Waals surface area contributed by atoms with Crippen LogP contribution in [0, 0.1) is 0 Å². The standard InChI is InChI=1S/C9H14N2O/c1-12-9(11-10)7-8-5-3-2-4-6-8/h2-6,9,11H,7,10H2,1H3. The molecule has 0 aromatic heterocycles. The summed E-state index contributed by atoms with van der Waals surface area (Å²) in [6.07, 6.45) is 0.681. The van der Waals surface area contributed by atoms with E-state index in [1.165, 1.54) is 5.56 Å². The lowest BCUT2D eigenvalue weighted by Crippen LogP contribution is -2.38. The quantitative estimate of drug-likeness (QED) is 0.392. The fourth-order valence-corrected chi connectivity index (χ4v) is 1.04. The van der Waals surface area contributed by atoms with Gasteiger partial charge in [-0.25, -0.2) is 5.43 Å². The molecular weight excluding hydrogens is 152 g/mol. The zero-order chi connectivity index (χ0) is 8.81. The summed E-state index contributed by atoms with van der Waals surface area (Å²) in [5, 5.41) is 0. The van der Waals surface area contributed by atoms with Crippen LogP contribution in [0.15, 0.2) is 30.3 Å². The number of benzene rings is 1. The second-order valence-corrected chi connectivity index (χ2v) is 2.58. The molecule has 66 valence electrons. The van der Waals surface area contributed by atoms with Gasteiger partial charge in [0.15, 0.2) is 0 Å². The first kappa shape index (κ1) is 9.19. The summed E-state index contributed by atoms with van der Waals surface area (Å²) in [5.74, 6) is 5.26. The number of nitrogens with two attached hydrogens (primary N) is 1. The van der Waals surface area contributed by atoms with E-state index >= 15 is 0 Å². The first-order chi connectivity index (χ1) is 5.86. The molecule has 0 saturated carbocycles. The van der Waals surface area contributed by atoms with Crippen LogP contribution in [-0.2, 0) is 11.2 Å². The second kappa shape index (κ2) is 4.87. The van der Waals surface area contributed by atoms with Gasteiger partial charge in [0.1, 0.15) is 6.23 Å². The van der Waals surface area contributed by atoms with Gasteiger partial charge in [-0.1, -0.05) is 30.3 Å². The number of hydrazine groups is 1. The van der Waals surface area contributed by atoms with Crippen molar-refractivity contribution in [2.45, 2.75) is 12.6 Å². The molecule has 0 heterocycles. The van der Waals surface area contributed by atoms with Crippen LogP contribution in [0.25, 0.3) is 0 Å². The third-order valence-corrected chi connectivity index (χ3v) is 1.73. The molecule has 1 aromatic rings. The molecule has 0 fully saturated rings. The second-order valence-electron chi connectivity index (χ2n) is 2.58. The van der Waals surface area contributed by atoms with Gasteiger partial charge >= 0.3 is 0 Å². The Bertz CT molecular complexity index is 209. The Morgan fingerprint density at radius 3 is 2.58 bits per heavy atom. The van der Waals surface area contributed by atoms with Gasteiger partial charge in [-0.2, -0.15) is 0 Å². The predicted octanol–water partition coefficient (Wildman–Crippen LogP) is 0.665. The topological polar surface area (TPSA) is 47.3 Å². The Balaban J connectivity index is 2.51. The van der Waals surface area contributed by atoms with E-state index in [9.17, 15) is 0 Å². The van der Waals surface area contributed by atoms with Crippen LogP contribution in [0.4, 0.5) is 0 Å². The fourth-order valence-electron chi connectivity index (χ4n) is 1.04. The van der Waals surface area contributed by atoms with Crippen molar-refractivity contribution in [3.63, 3.8) is 0 Å². The molecule has 3 heteroatoms. The summed E-state index contributed by atoms with van der Waals surface area (Å²) in [7, 11) is 1.63. The van der Waals surface area contributed by atoms with Gasteiger partial charge in [-0.3, -0.25) is 5.84 Å². The number of ether oxygens (including phenoxy) is 1. The van der Waals surface area contributed by atoms with Gasteiger partial charge in [0, 0.05) is 13.5 Å². The van der Waals surface area contributed by atoms with Crippen molar-refractivity contribution in [1.82, 2.24) is 5.43 Å². The highest BCUT2D eigenvalue weighted by molar-refractivity contribution is 5.15. The molecule has 0 spiro atoms. The highest BCUT2D eigenvalue weighted by atomic mass is 16.5. The fraction of sp³-hybridized carbons (Fsp3) is 0.333. The van der Waals surface area contributed by atoms with Crippen molar-refractivity contribution in [2.75, 3.05) is 7.11 Å². The Labute approximate surface area is 72.5 Å². The average Bonchev–Trinajstić information content (AvgIpc) is 2.16. The largest absolute Gasteiger partial charge is 0.365 e. The van der Waals surface area contributed by atoms with E-state index in [1.54, 1.807) is 7.11 Å². The Morgan fingerprint density at radius 2 is 2.08 bits per heavy atom. The van der Waals surface area contributed by atoms with Gasteiger partial charge in [0.25, 0.3) is 0 Å². The summed E-state index contributed by atoms with van der Waals surface area (Å²) in [6, 6.07) is 10.1. The monoisotopic (exact) mass is 166 g/mol. The SMILES string of the molecule is COC(Cc1ccccc1)NN. The van der Waals surface area contributed by atoms with E-state index in [0.717, 1.165) is 6.42 Å². The van der Waals surface area contributed by atoms with Crippen molar-refractivity contribution in [2.24, 2.45) is 5.84 Å². The molecule has 0 saturated heterocycles. The van der Waals surface area contributed by atoms with E-state index in [0.29, 0.717) is 0 Å². The molecule has 0 amide bonds. The minimum Gasteiger partial charge on any atom is -0.365 e. The summed E-state index contributed by atoms with van der Waals surface area (Å²) < 4.78 is 5.07. The molecule has 0 bridgehead atoms. The van der Waals surface area contributed by atoms with Crippen LogP contribution in [0.5, 0.6) is 0 Å². The maximum atomic E-state index is 5.26. The lowest BCUT2D eigenvalue weighted by atomic mass is 10.1. The molecule has 12 heavy (non-hydrogen) atoms. The van der Waals surface area contributed by atoms with Crippen LogP contribution in [0.3, 0.4) is 0 Å². The minimum absolute atomic E-state index is 0.104. The van der Waals surface area contributed by atoms with Gasteiger partial charge in [-0.15, -0.1) is 0 Å². The van der Waals surface area contributed by atoms with Crippen LogP contribution in [0.2, 0.25) is 0 Å². The lowest BCUT2D eigenvalue weighted by Gasteiger charge is -2.13.